The fraction of sp³-hybridized carbons (Fsp3) is 0.625. The van der Waals surface area contributed by atoms with Gasteiger partial charge < -0.3 is 9.64 Å². The van der Waals surface area contributed by atoms with Crippen LogP contribution in [0.1, 0.15) is 25.3 Å². The second kappa shape index (κ2) is 6.67. The monoisotopic (exact) mass is 279 g/mol. The van der Waals surface area contributed by atoms with E-state index >= 15 is 0 Å². The summed E-state index contributed by atoms with van der Waals surface area (Å²) in [6.45, 7) is 8.25. The zero-order valence-corrected chi connectivity index (χ0v) is 13.0. The molecule has 1 heterocycles. The van der Waals surface area contributed by atoms with Crippen molar-refractivity contribution in [3.8, 4) is 0 Å². The third-order valence-corrected chi connectivity index (χ3v) is 4.87. The van der Waals surface area contributed by atoms with Gasteiger partial charge in [0.15, 0.2) is 0 Å². The molecule has 1 aliphatic heterocycles. The first-order valence-corrected chi connectivity index (χ1v) is 7.82. The first-order valence-electron chi connectivity index (χ1n) is 7.19. The van der Waals surface area contributed by atoms with Crippen LogP contribution in [0.3, 0.4) is 0 Å². The Morgan fingerprint density at radius 1 is 1.21 bits per heavy atom. The Bertz CT molecular complexity index is 384. The van der Waals surface area contributed by atoms with E-state index in [4.69, 9.17) is 4.74 Å². The summed E-state index contributed by atoms with van der Waals surface area (Å²) in [6, 6.07) is 8.83. The van der Waals surface area contributed by atoms with Crippen molar-refractivity contribution in [2.45, 2.75) is 26.7 Å². The molecule has 19 heavy (non-hydrogen) atoms. The predicted molar refractivity (Wildman–Crippen MR) is 85.4 cm³/mol. The Kier molecular flexibility index (Phi) is 5.17. The fourth-order valence-electron chi connectivity index (χ4n) is 2.72. The van der Waals surface area contributed by atoms with Crippen molar-refractivity contribution in [2.75, 3.05) is 37.0 Å². The number of ether oxygens (including phenoxy) is 1. The lowest BCUT2D eigenvalue weighted by Crippen LogP contribution is -2.43. The quantitative estimate of drug-likeness (QED) is 0.828. The Hall–Kier alpha value is -0.670. The lowest BCUT2D eigenvalue weighted by atomic mass is 9.81. The number of benzene rings is 1. The summed E-state index contributed by atoms with van der Waals surface area (Å²) >= 11 is 4.61. The third kappa shape index (κ3) is 3.67. The highest BCUT2D eigenvalue weighted by Crippen LogP contribution is 2.34. The molecule has 0 unspecified atom stereocenters. The summed E-state index contributed by atoms with van der Waals surface area (Å²) in [5.74, 6) is 0.943. The van der Waals surface area contributed by atoms with Gasteiger partial charge in [-0.2, -0.15) is 12.6 Å². The fourth-order valence-corrected chi connectivity index (χ4v) is 3.13. The third-order valence-electron chi connectivity index (χ3n) is 4.20. The number of aryl methyl sites for hydroxylation is 1. The zero-order valence-electron chi connectivity index (χ0n) is 12.1. The summed E-state index contributed by atoms with van der Waals surface area (Å²) in [4.78, 5) is 2.47. The molecule has 0 radical (unpaired) electrons. The van der Waals surface area contributed by atoms with Crippen molar-refractivity contribution in [3.63, 3.8) is 0 Å². The zero-order chi connectivity index (χ0) is 13.7. The number of hydrogen-bond donors (Lipinski definition) is 1. The molecule has 0 saturated carbocycles. The minimum atomic E-state index is 0.308. The van der Waals surface area contributed by atoms with E-state index in [9.17, 15) is 0 Å². The van der Waals surface area contributed by atoms with E-state index in [0.29, 0.717) is 5.41 Å². The van der Waals surface area contributed by atoms with Gasteiger partial charge in [-0.25, -0.2) is 0 Å². The van der Waals surface area contributed by atoms with Gasteiger partial charge in [-0.3, -0.25) is 0 Å². The summed E-state index contributed by atoms with van der Waals surface area (Å²) < 4.78 is 5.51. The molecular formula is C16H25NOS. The lowest BCUT2D eigenvalue weighted by molar-refractivity contribution is 0.0297. The largest absolute Gasteiger partial charge is 0.381 e. The second-order valence-electron chi connectivity index (χ2n) is 5.62. The van der Waals surface area contributed by atoms with Crippen LogP contribution in [0.2, 0.25) is 0 Å². The van der Waals surface area contributed by atoms with E-state index < -0.39 is 0 Å². The molecule has 2 rings (SSSR count). The van der Waals surface area contributed by atoms with Crippen molar-refractivity contribution in [1.82, 2.24) is 0 Å². The van der Waals surface area contributed by atoms with Gasteiger partial charge in [-0.05, 0) is 44.6 Å². The van der Waals surface area contributed by atoms with E-state index in [0.717, 1.165) is 44.9 Å². The van der Waals surface area contributed by atoms with Crippen molar-refractivity contribution >= 4 is 18.3 Å². The van der Waals surface area contributed by atoms with Crippen molar-refractivity contribution < 1.29 is 4.74 Å². The number of thiol groups is 1. The van der Waals surface area contributed by atoms with Crippen LogP contribution in [0.25, 0.3) is 0 Å². The highest BCUT2D eigenvalue weighted by atomic mass is 32.1. The Morgan fingerprint density at radius 3 is 2.37 bits per heavy atom. The Balaban J connectivity index is 2.11. The molecule has 1 aromatic rings. The topological polar surface area (TPSA) is 12.5 Å². The second-order valence-corrected chi connectivity index (χ2v) is 5.94. The van der Waals surface area contributed by atoms with Gasteiger partial charge in [0.25, 0.3) is 0 Å². The molecule has 1 aliphatic rings. The number of nitrogens with zero attached hydrogens (tertiary/aromatic N) is 1. The molecular weight excluding hydrogens is 254 g/mol. The molecule has 2 nitrogen and oxygen atoms in total. The standard InChI is InChI=1S/C16H25NOS/c1-3-17(15-6-4-14(2)5-7-15)12-16(13-19)8-10-18-11-9-16/h4-7,19H,3,8-13H2,1-2H3. The molecule has 0 aliphatic carbocycles. The normalized spacial score (nSPS) is 18.3. The van der Waals surface area contributed by atoms with Gasteiger partial charge in [0, 0.05) is 37.4 Å². The molecule has 1 fully saturated rings. The molecule has 0 bridgehead atoms. The molecule has 1 saturated heterocycles. The van der Waals surface area contributed by atoms with Crippen molar-refractivity contribution in [2.24, 2.45) is 5.41 Å². The summed E-state index contributed by atoms with van der Waals surface area (Å²) in [5.41, 5.74) is 2.94. The highest BCUT2D eigenvalue weighted by molar-refractivity contribution is 7.80. The molecule has 3 heteroatoms. The minimum absolute atomic E-state index is 0.308. The molecule has 0 spiro atoms. The molecule has 106 valence electrons. The maximum atomic E-state index is 5.51. The lowest BCUT2D eigenvalue weighted by Gasteiger charge is -2.40. The number of hydrogen-bond acceptors (Lipinski definition) is 3. The van der Waals surface area contributed by atoms with Crippen LogP contribution in [0.5, 0.6) is 0 Å². The molecule has 0 N–H and O–H groups in total. The van der Waals surface area contributed by atoms with E-state index in [2.05, 4.69) is 55.6 Å². The van der Waals surface area contributed by atoms with E-state index in [1.165, 1.54) is 11.3 Å². The van der Waals surface area contributed by atoms with E-state index in [1.807, 2.05) is 0 Å². The smallest absolute Gasteiger partial charge is 0.0472 e. The molecule has 0 atom stereocenters. The maximum Gasteiger partial charge on any atom is 0.0472 e. The van der Waals surface area contributed by atoms with Gasteiger partial charge >= 0.3 is 0 Å². The van der Waals surface area contributed by atoms with E-state index in [-0.39, 0.29) is 0 Å². The maximum absolute atomic E-state index is 5.51. The highest BCUT2D eigenvalue weighted by Gasteiger charge is 2.33. The minimum Gasteiger partial charge on any atom is -0.381 e. The van der Waals surface area contributed by atoms with Crippen LogP contribution in [-0.4, -0.2) is 32.1 Å². The van der Waals surface area contributed by atoms with Crippen LogP contribution >= 0.6 is 12.6 Å². The van der Waals surface area contributed by atoms with Gasteiger partial charge in [0.2, 0.25) is 0 Å². The van der Waals surface area contributed by atoms with Gasteiger partial charge in [0.05, 0.1) is 0 Å². The summed E-state index contributed by atoms with van der Waals surface area (Å²) in [7, 11) is 0. The van der Waals surface area contributed by atoms with E-state index in [1.54, 1.807) is 0 Å². The summed E-state index contributed by atoms with van der Waals surface area (Å²) in [6.07, 6.45) is 2.25. The number of rotatable bonds is 5. The van der Waals surface area contributed by atoms with Crippen LogP contribution in [0.15, 0.2) is 24.3 Å². The number of anilines is 1. The van der Waals surface area contributed by atoms with Crippen LogP contribution in [-0.2, 0) is 4.74 Å². The van der Waals surface area contributed by atoms with Gasteiger partial charge in [0.1, 0.15) is 0 Å². The van der Waals surface area contributed by atoms with Crippen LogP contribution < -0.4 is 4.90 Å². The van der Waals surface area contributed by atoms with Crippen molar-refractivity contribution in [1.29, 1.82) is 0 Å². The Morgan fingerprint density at radius 2 is 1.84 bits per heavy atom. The van der Waals surface area contributed by atoms with Crippen LogP contribution in [0.4, 0.5) is 5.69 Å². The first-order chi connectivity index (χ1) is 9.19. The average molecular weight is 279 g/mol. The molecule has 0 amide bonds. The molecule has 1 aromatic carbocycles. The van der Waals surface area contributed by atoms with Crippen molar-refractivity contribution in [3.05, 3.63) is 29.8 Å². The predicted octanol–water partition coefficient (Wildman–Crippen LogP) is 3.55. The first kappa shape index (κ1) is 14.7. The SMILES string of the molecule is CCN(CC1(CS)CCOCC1)c1ccc(C)cc1. The van der Waals surface area contributed by atoms with Gasteiger partial charge in [-0.15, -0.1) is 0 Å². The Labute approximate surface area is 122 Å². The summed E-state index contributed by atoms with van der Waals surface area (Å²) in [5, 5.41) is 0. The van der Waals surface area contributed by atoms with Gasteiger partial charge in [-0.1, -0.05) is 17.7 Å². The molecule has 0 aromatic heterocycles. The average Bonchev–Trinajstić information content (AvgIpc) is 2.47. The van der Waals surface area contributed by atoms with Crippen LogP contribution in [0, 0.1) is 12.3 Å².